The van der Waals surface area contributed by atoms with Crippen molar-refractivity contribution in [3.05, 3.63) is 30.3 Å². The lowest BCUT2D eigenvalue weighted by molar-refractivity contribution is 0.269. The monoisotopic (exact) mass is 187 g/mol. The van der Waals surface area contributed by atoms with Gasteiger partial charge < -0.3 is 4.84 Å². The van der Waals surface area contributed by atoms with Gasteiger partial charge in [-0.05, 0) is 23.1 Å². The third kappa shape index (κ3) is 3.33. The molecule has 1 radical (unpaired) electrons. The van der Waals surface area contributed by atoms with E-state index in [1.807, 2.05) is 0 Å². The highest BCUT2D eigenvalue weighted by molar-refractivity contribution is 7.87. The summed E-state index contributed by atoms with van der Waals surface area (Å²) in [5.74, 6) is 0.325. The molecule has 0 unspecified atom stereocenters. The van der Waals surface area contributed by atoms with Crippen molar-refractivity contribution in [3.8, 4) is 5.75 Å². The fourth-order valence-corrected chi connectivity index (χ4v) is 0.759. The van der Waals surface area contributed by atoms with Gasteiger partial charge >= 0.3 is 10.2 Å². The first-order valence-corrected chi connectivity index (χ1v) is 4.55. The summed E-state index contributed by atoms with van der Waals surface area (Å²) in [5, 5.41) is 4.61. The average Bonchev–Trinajstić information content (AvgIpc) is 2.02. The lowest BCUT2D eigenvalue weighted by atomic mass is 10.3. The van der Waals surface area contributed by atoms with Gasteiger partial charge in [0.15, 0.2) is 0 Å². The van der Waals surface area contributed by atoms with Gasteiger partial charge in [-0.25, -0.2) is 5.14 Å². The van der Waals surface area contributed by atoms with Crippen LogP contribution in [0.3, 0.4) is 0 Å². The molecule has 0 bridgehead atoms. The van der Waals surface area contributed by atoms with Crippen molar-refractivity contribution < 1.29 is 13.3 Å². The van der Waals surface area contributed by atoms with E-state index in [1.165, 1.54) is 6.07 Å². The van der Waals surface area contributed by atoms with E-state index in [9.17, 15) is 8.42 Å². The SMILES string of the molecule is NS(=O)(=O)NOc1c[c]ccc1. The number of hydrogen-bond donors (Lipinski definition) is 2. The van der Waals surface area contributed by atoms with Gasteiger partial charge in [0.25, 0.3) is 0 Å². The van der Waals surface area contributed by atoms with E-state index in [1.54, 1.807) is 23.1 Å². The van der Waals surface area contributed by atoms with Crippen molar-refractivity contribution in [1.82, 2.24) is 4.89 Å². The predicted molar refractivity (Wildman–Crippen MR) is 42.1 cm³/mol. The lowest BCUT2D eigenvalue weighted by Crippen LogP contribution is -2.33. The minimum atomic E-state index is -3.81. The van der Waals surface area contributed by atoms with E-state index >= 15 is 0 Å². The first-order chi connectivity index (χ1) is 5.58. The zero-order chi connectivity index (χ0) is 9.03. The minimum Gasteiger partial charge on any atom is -0.393 e. The van der Waals surface area contributed by atoms with E-state index < -0.39 is 10.2 Å². The fraction of sp³-hybridized carbons (Fsp3) is 0. The quantitative estimate of drug-likeness (QED) is 0.630. The van der Waals surface area contributed by atoms with Crippen molar-refractivity contribution in [2.45, 2.75) is 0 Å². The molecule has 0 saturated carbocycles. The third-order valence-electron chi connectivity index (χ3n) is 0.954. The first-order valence-electron chi connectivity index (χ1n) is 3.00. The summed E-state index contributed by atoms with van der Waals surface area (Å²) in [5.41, 5.74) is 0. The zero-order valence-electron chi connectivity index (χ0n) is 6.02. The molecule has 5 nitrogen and oxygen atoms in total. The Labute approximate surface area is 70.3 Å². The first kappa shape index (κ1) is 8.98. The molecule has 3 N–H and O–H groups in total. The number of benzene rings is 1. The van der Waals surface area contributed by atoms with Crippen LogP contribution in [0.5, 0.6) is 5.75 Å². The molecule has 0 aliphatic carbocycles. The van der Waals surface area contributed by atoms with Crippen LogP contribution < -0.4 is 14.9 Å². The Balaban J connectivity index is 2.56. The van der Waals surface area contributed by atoms with Crippen LogP contribution in [0.25, 0.3) is 0 Å². The Kier molecular flexibility index (Phi) is 2.64. The third-order valence-corrected chi connectivity index (χ3v) is 1.27. The maximum Gasteiger partial charge on any atom is 0.305 e. The van der Waals surface area contributed by atoms with Crippen molar-refractivity contribution >= 4 is 10.2 Å². The zero-order valence-corrected chi connectivity index (χ0v) is 6.84. The second-order valence-corrected chi connectivity index (χ2v) is 3.23. The van der Waals surface area contributed by atoms with Crippen molar-refractivity contribution in [2.75, 3.05) is 0 Å². The molecule has 0 fully saturated rings. The van der Waals surface area contributed by atoms with Crippen LogP contribution in [0.15, 0.2) is 24.3 Å². The molecule has 0 aliphatic heterocycles. The molecule has 0 heterocycles. The second kappa shape index (κ2) is 3.53. The standard InChI is InChI=1S/C6H7N2O3S/c7-12(9,10)8-11-6-4-2-1-3-5-6/h1-2,4-5,8H,(H2,7,9,10). The number of nitrogens with one attached hydrogen (secondary N) is 1. The summed E-state index contributed by atoms with van der Waals surface area (Å²) >= 11 is 0. The van der Waals surface area contributed by atoms with E-state index in [-0.39, 0.29) is 0 Å². The summed E-state index contributed by atoms with van der Waals surface area (Å²) in [6, 6.07) is 9.04. The molecule has 0 spiro atoms. The van der Waals surface area contributed by atoms with Crippen LogP contribution in [0.4, 0.5) is 0 Å². The van der Waals surface area contributed by atoms with E-state index in [2.05, 4.69) is 16.0 Å². The molecule has 0 aliphatic rings. The Hall–Kier alpha value is -1.11. The van der Waals surface area contributed by atoms with Crippen LogP contribution in [0.1, 0.15) is 0 Å². The Morgan fingerprint density at radius 1 is 1.58 bits per heavy atom. The maximum absolute atomic E-state index is 10.3. The average molecular weight is 187 g/mol. The molecular formula is C6H7N2O3S. The minimum absolute atomic E-state index is 0.325. The number of nitrogens with two attached hydrogens (primary N) is 1. The van der Waals surface area contributed by atoms with Gasteiger partial charge in [0, 0.05) is 0 Å². The van der Waals surface area contributed by atoms with E-state index in [4.69, 9.17) is 0 Å². The molecule has 0 aromatic heterocycles. The highest BCUT2D eigenvalue weighted by atomic mass is 32.2. The molecule has 1 aromatic carbocycles. The van der Waals surface area contributed by atoms with E-state index in [0.29, 0.717) is 5.75 Å². The van der Waals surface area contributed by atoms with Gasteiger partial charge in [-0.15, -0.1) is 0 Å². The van der Waals surface area contributed by atoms with Gasteiger partial charge in [0.05, 0.1) is 0 Å². The molecule has 1 aromatic rings. The smallest absolute Gasteiger partial charge is 0.305 e. The topological polar surface area (TPSA) is 81.4 Å². The lowest BCUT2D eigenvalue weighted by Gasteiger charge is -2.02. The van der Waals surface area contributed by atoms with Crippen LogP contribution >= 0.6 is 0 Å². The van der Waals surface area contributed by atoms with Crippen LogP contribution in [-0.2, 0) is 10.2 Å². The van der Waals surface area contributed by atoms with Crippen LogP contribution in [-0.4, -0.2) is 8.42 Å². The fourth-order valence-electron chi connectivity index (χ4n) is 0.547. The Bertz CT molecular complexity index is 335. The van der Waals surface area contributed by atoms with E-state index in [0.717, 1.165) is 0 Å². The Morgan fingerprint density at radius 2 is 2.33 bits per heavy atom. The van der Waals surface area contributed by atoms with Crippen molar-refractivity contribution in [3.63, 3.8) is 0 Å². The molecule has 0 amide bonds. The van der Waals surface area contributed by atoms with Crippen LogP contribution in [0.2, 0.25) is 0 Å². The predicted octanol–water partition coefficient (Wildman–Crippen LogP) is -0.426. The highest BCUT2D eigenvalue weighted by Crippen LogP contribution is 2.05. The van der Waals surface area contributed by atoms with Gasteiger partial charge in [-0.3, -0.25) is 0 Å². The number of rotatable bonds is 3. The summed E-state index contributed by atoms with van der Waals surface area (Å²) < 4.78 is 20.7. The van der Waals surface area contributed by atoms with Gasteiger partial charge in [0.1, 0.15) is 5.75 Å². The molecule has 65 valence electrons. The van der Waals surface area contributed by atoms with Gasteiger partial charge in [-0.2, -0.15) is 8.42 Å². The summed E-state index contributed by atoms with van der Waals surface area (Å²) in [7, 11) is -3.81. The molecule has 12 heavy (non-hydrogen) atoms. The molecule has 1 rings (SSSR count). The summed E-state index contributed by atoms with van der Waals surface area (Å²) in [4.78, 5) is 6.24. The van der Waals surface area contributed by atoms with Gasteiger partial charge in [-0.1, -0.05) is 12.1 Å². The summed E-state index contributed by atoms with van der Waals surface area (Å²) in [6.45, 7) is 0. The normalized spacial score (nSPS) is 11.1. The summed E-state index contributed by atoms with van der Waals surface area (Å²) in [6.07, 6.45) is 0. The highest BCUT2D eigenvalue weighted by Gasteiger charge is 2.00. The largest absolute Gasteiger partial charge is 0.393 e. The second-order valence-electron chi connectivity index (χ2n) is 1.97. The van der Waals surface area contributed by atoms with Gasteiger partial charge in [0.2, 0.25) is 0 Å². The van der Waals surface area contributed by atoms with Crippen LogP contribution in [0, 0.1) is 6.07 Å². The van der Waals surface area contributed by atoms with Crippen molar-refractivity contribution in [1.29, 1.82) is 0 Å². The molecule has 0 atom stereocenters. The molecule has 6 heteroatoms. The maximum atomic E-state index is 10.3. The van der Waals surface area contributed by atoms with Crippen molar-refractivity contribution in [2.24, 2.45) is 5.14 Å². The number of hydrogen-bond acceptors (Lipinski definition) is 3. The molecular weight excluding hydrogens is 180 g/mol. The molecule has 0 saturated heterocycles. The Morgan fingerprint density at radius 3 is 2.83 bits per heavy atom.